The van der Waals surface area contributed by atoms with Crippen LogP contribution in [0.1, 0.15) is 30.0 Å². The van der Waals surface area contributed by atoms with Crippen molar-refractivity contribution in [3.05, 3.63) is 59.7 Å². The number of aromatic nitrogens is 1. The summed E-state index contributed by atoms with van der Waals surface area (Å²) >= 11 is 0. The molecule has 0 radical (unpaired) electrons. The number of fused-ring (bicyclic) bond motifs is 1. The quantitative estimate of drug-likeness (QED) is 0.441. The molecule has 0 spiro atoms. The number of nitrogens with one attached hydrogen (secondary N) is 1. The minimum Gasteiger partial charge on any atom is -0.494 e. The van der Waals surface area contributed by atoms with E-state index in [0.717, 1.165) is 37.0 Å². The molecule has 1 atom stereocenters. The van der Waals surface area contributed by atoms with Gasteiger partial charge in [-0.05, 0) is 49.7 Å². The van der Waals surface area contributed by atoms with Crippen molar-refractivity contribution in [2.45, 2.75) is 31.7 Å². The molecular weight excluding hydrogens is 434 g/mol. The number of carbonyl (C=O) groups excluding carboxylic acids is 1. The van der Waals surface area contributed by atoms with E-state index >= 15 is 0 Å². The van der Waals surface area contributed by atoms with Crippen LogP contribution in [0.3, 0.4) is 0 Å². The molecule has 0 bridgehead atoms. The highest BCUT2D eigenvalue weighted by Crippen LogP contribution is 2.39. The van der Waals surface area contributed by atoms with E-state index in [1.54, 1.807) is 12.1 Å². The maximum Gasteiger partial charge on any atom is 0.412 e. The van der Waals surface area contributed by atoms with Crippen LogP contribution in [0.2, 0.25) is 0 Å². The second-order valence-electron chi connectivity index (χ2n) is 8.70. The molecule has 2 aromatic carbocycles. The van der Waals surface area contributed by atoms with Gasteiger partial charge in [-0.3, -0.25) is 9.89 Å². The van der Waals surface area contributed by atoms with Crippen molar-refractivity contribution >= 4 is 28.4 Å². The number of benzene rings is 2. The van der Waals surface area contributed by atoms with Gasteiger partial charge in [0, 0.05) is 23.7 Å². The van der Waals surface area contributed by atoms with Crippen LogP contribution >= 0.6 is 0 Å². The lowest BCUT2D eigenvalue weighted by Gasteiger charge is -2.31. The molecule has 1 amide bonds. The van der Waals surface area contributed by atoms with Crippen molar-refractivity contribution in [2.24, 2.45) is 4.99 Å². The molecule has 34 heavy (non-hydrogen) atoms. The van der Waals surface area contributed by atoms with Crippen LogP contribution in [-0.2, 0) is 11.3 Å². The Hall–Kier alpha value is -3.56. The number of piperidine rings is 1. The summed E-state index contributed by atoms with van der Waals surface area (Å²) in [7, 11) is 0. The van der Waals surface area contributed by atoms with E-state index < -0.39 is 12.3 Å². The van der Waals surface area contributed by atoms with Gasteiger partial charge < -0.3 is 30.6 Å². The van der Waals surface area contributed by atoms with Crippen LogP contribution in [0.15, 0.2) is 53.5 Å². The van der Waals surface area contributed by atoms with Gasteiger partial charge in [-0.15, -0.1) is 0 Å². The van der Waals surface area contributed by atoms with E-state index in [4.69, 9.17) is 10.5 Å². The molecule has 1 unspecified atom stereocenters. The van der Waals surface area contributed by atoms with Gasteiger partial charge in [-0.25, -0.2) is 4.79 Å². The van der Waals surface area contributed by atoms with Gasteiger partial charge >= 0.3 is 6.09 Å². The minimum absolute atomic E-state index is 0.0322. The maximum atomic E-state index is 12.8. The number of hydrogen-bond donors (Lipinski definition) is 4. The smallest absolute Gasteiger partial charge is 0.412 e. The number of amides is 1. The topological polar surface area (TPSA) is 125 Å². The fourth-order valence-electron chi connectivity index (χ4n) is 4.84. The lowest BCUT2D eigenvalue weighted by Crippen LogP contribution is -2.49. The molecule has 178 valence electrons. The Morgan fingerprint density at radius 2 is 1.94 bits per heavy atom. The summed E-state index contributed by atoms with van der Waals surface area (Å²) in [4.78, 5) is 18.6. The second kappa shape index (κ2) is 9.36. The van der Waals surface area contributed by atoms with Crippen LogP contribution < -0.4 is 11.1 Å². The lowest BCUT2D eigenvalue weighted by atomic mass is 10.0. The zero-order valence-electron chi connectivity index (χ0n) is 18.9. The fraction of sp³-hybridized carbons (Fsp3) is 0.360. The van der Waals surface area contributed by atoms with Crippen LogP contribution in [0, 0.1) is 0 Å². The Bertz CT molecular complexity index is 1220. The van der Waals surface area contributed by atoms with Gasteiger partial charge in [0.2, 0.25) is 5.88 Å². The molecule has 1 fully saturated rings. The number of aromatic hydroxyl groups is 1. The third-order valence-corrected chi connectivity index (χ3v) is 6.53. The van der Waals surface area contributed by atoms with Crippen LogP contribution in [0.5, 0.6) is 5.88 Å². The number of nitrogens with zero attached hydrogens (tertiary/aromatic N) is 3. The summed E-state index contributed by atoms with van der Waals surface area (Å²) in [5.74, 6) is 0.0322. The first-order chi connectivity index (χ1) is 16.5. The van der Waals surface area contributed by atoms with Gasteiger partial charge in [0.25, 0.3) is 0 Å². The van der Waals surface area contributed by atoms with E-state index in [1.807, 2.05) is 41.0 Å². The summed E-state index contributed by atoms with van der Waals surface area (Å²) in [6.45, 7) is 2.33. The number of rotatable bonds is 4. The van der Waals surface area contributed by atoms with E-state index in [-0.39, 0.29) is 37.3 Å². The van der Waals surface area contributed by atoms with Crippen molar-refractivity contribution < 1.29 is 19.7 Å². The molecule has 5 rings (SSSR count). The van der Waals surface area contributed by atoms with Crippen LogP contribution in [-0.4, -0.2) is 63.9 Å². The average Bonchev–Trinajstić information content (AvgIpc) is 3.14. The van der Waals surface area contributed by atoms with Crippen molar-refractivity contribution in [3.63, 3.8) is 0 Å². The van der Waals surface area contributed by atoms with Crippen molar-refractivity contribution in [1.29, 1.82) is 0 Å². The van der Waals surface area contributed by atoms with Crippen molar-refractivity contribution in [3.8, 4) is 5.88 Å². The molecule has 2 aliphatic heterocycles. The number of aliphatic hydroxyl groups excluding tert-OH is 1. The average molecular weight is 464 g/mol. The number of anilines is 1. The maximum absolute atomic E-state index is 12.8. The Labute approximate surface area is 197 Å². The predicted octanol–water partition coefficient (Wildman–Crippen LogP) is 2.61. The number of ether oxygens (including phenoxy) is 1. The highest BCUT2D eigenvalue weighted by atomic mass is 16.6. The van der Waals surface area contributed by atoms with E-state index in [1.165, 1.54) is 4.90 Å². The summed E-state index contributed by atoms with van der Waals surface area (Å²) in [6, 6.07) is 14.9. The second-order valence-corrected chi connectivity index (χ2v) is 8.70. The highest BCUT2D eigenvalue weighted by Gasteiger charge is 2.35. The Morgan fingerprint density at radius 1 is 1.18 bits per heavy atom. The monoisotopic (exact) mass is 463 g/mol. The van der Waals surface area contributed by atoms with Gasteiger partial charge in [-0.1, -0.05) is 30.3 Å². The van der Waals surface area contributed by atoms with E-state index in [0.29, 0.717) is 16.6 Å². The minimum atomic E-state index is -1.35. The lowest BCUT2D eigenvalue weighted by molar-refractivity contribution is 0.0302. The number of nitrogen functional groups attached to an aromatic ring is 1. The molecule has 9 nitrogen and oxygen atoms in total. The number of nitrogens with two attached hydrogens (primary N) is 1. The standard InChI is InChI=1S/C25H29N5O4/c26-17-6-7-20-19(14-17)21(23(31)30(20)18-8-10-27-11-9-18)22-24(32)29(13-12-28-22)25(33)34-15-16-4-2-1-3-5-16/h1-7,14,18,24,27,31-32H,8-13,15,26H2. The summed E-state index contributed by atoms with van der Waals surface area (Å²) < 4.78 is 7.35. The largest absolute Gasteiger partial charge is 0.494 e. The van der Waals surface area contributed by atoms with Crippen LogP contribution in [0.25, 0.3) is 10.9 Å². The third kappa shape index (κ3) is 4.08. The Balaban J connectivity index is 1.47. The van der Waals surface area contributed by atoms with Gasteiger partial charge in [0.1, 0.15) is 6.61 Å². The summed E-state index contributed by atoms with van der Waals surface area (Å²) in [5.41, 5.74) is 8.95. The van der Waals surface area contributed by atoms with Gasteiger partial charge in [-0.2, -0.15) is 0 Å². The normalized spacial score (nSPS) is 19.3. The van der Waals surface area contributed by atoms with Gasteiger partial charge in [0.15, 0.2) is 6.23 Å². The molecule has 3 aromatic rings. The summed E-state index contributed by atoms with van der Waals surface area (Å²) in [5, 5.41) is 26.6. The van der Waals surface area contributed by atoms with E-state index in [9.17, 15) is 15.0 Å². The molecule has 5 N–H and O–H groups in total. The highest BCUT2D eigenvalue weighted by molar-refractivity contribution is 6.16. The Morgan fingerprint density at radius 3 is 2.71 bits per heavy atom. The van der Waals surface area contributed by atoms with Gasteiger partial charge in [0.05, 0.1) is 23.3 Å². The molecule has 1 aromatic heterocycles. The third-order valence-electron chi connectivity index (χ3n) is 6.53. The first-order valence-electron chi connectivity index (χ1n) is 11.6. The molecule has 9 heteroatoms. The molecule has 0 aliphatic carbocycles. The van der Waals surface area contributed by atoms with Crippen LogP contribution in [0.4, 0.5) is 10.5 Å². The number of aliphatic hydroxyl groups is 1. The zero-order chi connectivity index (χ0) is 23.7. The SMILES string of the molecule is Nc1ccc2c(c1)c(C1=NCCN(C(=O)OCc3ccccc3)C1O)c(O)n2C1CCNCC1. The van der Waals surface area contributed by atoms with E-state index in [2.05, 4.69) is 10.3 Å². The summed E-state index contributed by atoms with van der Waals surface area (Å²) in [6.07, 6.45) is -0.247. The molecule has 0 saturated carbocycles. The molecule has 1 saturated heterocycles. The number of carbonyl (C=O) groups is 1. The molecular formula is C25H29N5O4. The Kier molecular flexibility index (Phi) is 6.12. The molecule has 2 aliphatic rings. The first-order valence-corrected chi connectivity index (χ1v) is 11.6. The molecule has 3 heterocycles. The van der Waals surface area contributed by atoms with Crippen molar-refractivity contribution in [2.75, 3.05) is 31.9 Å². The fourth-order valence-corrected chi connectivity index (χ4v) is 4.84. The first kappa shape index (κ1) is 22.2. The number of hydrogen-bond acceptors (Lipinski definition) is 7. The number of aliphatic imine (C=N–C) groups is 1. The van der Waals surface area contributed by atoms with Crippen molar-refractivity contribution in [1.82, 2.24) is 14.8 Å². The zero-order valence-corrected chi connectivity index (χ0v) is 18.9. The predicted molar refractivity (Wildman–Crippen MR) is 130 cm³/mol.